The first-order valence-corrected chi connectivity index (χ1v) is 5.19. The van der Waals surface area contributed by atoms with Crippen LogP contribution in [0, 0.1) is 0 Å². The Bertz CT molecular complexity index is 91.6. The normalized spacial score (nSPS) is 21.0. The second-order valence-corrected chi connectivity index (χ2v) is 3.85. The highest BCUT2D eigenvalue weighted by Gasteiger charge is 2.21. The Kier molecular flexibility index (Phi) is 3.52. The molecule has 0 aliphatic carbocycles. The van der Waals surface area contributed by atoms with Crippen molar-refractivity contribution in [3.8, 4) is 0 Å². The number of nitrogens with two attached hydrogens (primary N) is 1. The first-order valence-electron chi connectivity index (χ1n) is 3.80. The van der Waals surface area contributed by atoms with Crippen LogP contribution in [-0.4, -0.2) is 42.6 Å². The first kappa shape index (κ1) is 8.37. The van der Waals surface area contributed by atoms with Crippen LogP contribution >= 0.6 is 11.8 Å². The summed E-state index contributed by atoms with van der Waals surface area (Å²) < 4.78 is 0. The summed E-state index contributed by atoms with van der Waals surface area (Å²) in [5.41, 5.74) is 5.63. The van der Waals surface area contributed by atoms with E-state index < -0.39 is 0 Å². The summed E-state index contributed by atoms with van der Waals surface area (Å²) in [6.45, 7) is 3.48. The van der Waals surface area contributed by atoms with Gasteiger partial charge in [0.05, 0.1) is 0 Å². The average molecular weight is 160 g/mol. The third kappa shape index (κ3) is 2.48. The van der Waals surface area contributed by atoms with Crippen LogP contribution in [0.15, 0.2) is 0 Å². The molecule has 1 aliphatic rings. The molecule has 1 saturated heterocycles. The predicted molar refractivity (Wildman–Crippen MR) is 47.4 cm³/mol. The summed E-state index contributed by atoms with van der Waals surface area (Å²) in [4.78, 5) is 2.42. The third-order valence-electron chi connectivity index (χ3n) is 1.81. The van der Waals surface area contributed by atoms with E-state index >= 15 is 0 Å². The molecule has 0 aromatic rings. The minimum atomic E-state index is 0.467. The van der Waals surface area contributed by atoms with Crippen LogP contribution in [0.2, 0.25) is 0 Å². The molecule has 0 saturated carbocycles. The zero-order valence-corrected chi connectivity index (χ0v) is 7.36. The Morgan fingerprint density at radius 2 is 2.30 bits per heavy atom. The van der Waals surface area contributed by atoms with Crippen molar-refractivity contribution in [2.45, 2.75) is 12.5 Å². The van der Waals surface area contributed by atoms with Crippen LogP contribution in [0.3, 0.4) is 0 Å². The van der Waals surface area contributed by atoms with Gasteiger partial charge in [-0.15, -0.1) is 0 Å². The fourth-order valence-corrected chi connectivity index (χ4v) is 1.64. The summed E-state index contributed by atoms with van der Waals surface area (Å²) in [6, 6.07) is 0.467. The quantitative estimate of drug-likeness (QED) is 0.603. The van der Waals surface area contributed by atoms with Gasteiger partial charge in [0.15, 0.2) is 0 Å². The van der Waals surface area contributed by atoms with Gasteiger partial charge in [0.1, 0.15) is 0 Å². The Morgan fingerprint density at radius 1 is 1.60 bits per heavy atom. The zero-order valence-electron chi connectivity index (χ0n) is 6.55. The summed E-state index contributed by atoms with van der Waals surface area (Å²) in [5, 5.41) is 0. The molecule has 1 fully saturated rings. The van der Waals surface area contributed by atoms with E-state index in [4.69, 9.17) is 5.73 Å². The van der Waals surface area contributed by atoms with Gasteiger partial charge in [-0.25, -0.2) is 0 Å². The molecular weight excluding hydrogens is 144 g/mol. The van der Waals surface area contributed by atoms with E-state index in [0.29, 0.717) is 6.04 Å². The van der Waals surface area contributed by atoms with Gasteiger partial charge in [0.2, 0.25) is 0 Å². The number of rotatable bonds is 4. The van der Waals surface area contributed by atoms with Gasteiger partial charge >= 0.3 is 0 Å². The van der Waals surface area contributed by atoms with Crippen LogP contribution in [0.4, 0.5) is 0 Å². The lowest BCUT2D eigenvalue weighted by molar-refractivity contribution is 0.152. The monoisotopic (exact) mass is 160 g/mol. The average Bonchev–Trinajstić information content (AvgIpc) is 1.85. The topological polar surface area (TPSA) is 29.3 Å². The van der Waals surface area contributed by atoms with Crippen LogP contribution in [0.5, 0.6) is 0 Å². The first-order chi connectivity index (χ1) is 4.83. The summed E-state index contributed by atoms with van der Waals surface area (Å²) in [7, 11) is 0. The fraction of sp³-hybridized carbons (Fsp3) is 1.00. The Balaban J connectivity index is 1.86. The molecule has 10 heavy (non-hydrogen) atoms. The summed E-state index contributed by atoms with van der Waals surface area (Å²) >= 11 is 1.92. The molecule has 0 aromatic carbocycles. The molecule has 0 amide bonds. The number of hydrogen-bond acceptors (Lipinski definition) is 3. The lowest BCUT2D eigenvalue weighted by atomic mass is 10.1. The van der Waals surface area contributed by atoms with Crippen molar-refractivity contribution in [1.29, 1.82) is 0 Å². The second-order valence-electron chi connectivity index (χ2n) is 2.87. The van der Waals surface area contributed by atoms with Gasteiger partial charge in [0.25, 0.3) is 0 Å². The highest BCUT2D eigenvalue weighted by atomic mass is 32.2. The van der Waals surface area contributed by atoms with Gasteiger partial charge < -0.3 is 10.6 Å². The van der Waals surface area contributed by atoms with Gasteiger partial charge in [-0.2, -0.15) is 11.8 Å². The maximum Gasteiger partial charge on any atom is 0.0297 e. The highest BCUT2D eigenvalue weighted by molar-refractivity contribution is 7.98. The van der Waals surface area contributed by atoms with Crippen molar-refractivity contribution in [2.75, 3.05) is 31.6 Å². The molecule has 2 N–H and O–H groups in total. The van der Waals surface area contributed by atoms with Crippen LogP contribution in [0.25, 0.3) is 0 Å². The van der Waals surface area contributed by atoms with Gasteiger partial charge in [-0.3, -0.25) is 0 Å². The molecular formula is C7H16N2S. The van der Waals surface area contributed by atoms with Gasteiger partial charge in [0, 0.05) is 19.1 Å². The molecule has 3 heteroatoms. The van der Waals surface area contributed by atoms with Crippen molar-refractivity contribution < 1.29 is 0 Å². The fourth-order valence-electron chi connectivity index (χ4n) is 1.22. The molecule has 0 aromatic heterocycles. The van der Waals surface area contributed by atoms with Crippen molar-refractivity contribution in [2.24, 2.45) is 5.73 Å². The van der Waals surface area contributed by atoms with Gasteiger partial charge in [-0.1, -0.05) is 0 Å². The van der Waals surface area contributed by atoms with E-state index in [9.17, 15) is 0 Å². The molecule has 0 spiro atoms. The van der Waals surface area contributed by atoms with Crippen molar-refractivity contribution >= 4 is 11.8 Å². The van der Waals surface area contributed by atoms with Crippen LogP contribution in [0.1, 0.15) is 6.42 Å². The molecule has 0 atom stereocenters. The molecule has 0 bridgehead atoms. The maximum atomic E-state index is 5.63. The number of likely N-dealkylation sites (tertiary alicyclic amines) is 1. The number of thioether (sulfide) groups is 1. The van der Waals surface area contributed by atoms with Crippen molar-refractivity contribution in [1.82, 2.24) is 4.90 Å². The minimum absolute atomic E-state index is 0.467. The molecule has 1 aliphatic heterocycles. The Hall–Kier alpha value is 0.270. The molecule has 1 heterocycles. The molecule has 0 unspecified atom stereocenters. The second kappa shape index (κ2) is 4.21. The molecule has 60 valence electrons. The van der Waals surface area contributed by atoms with Crippen LogP contribution < -0.4 is 5.73 Å². The van der Waals surface area contributed by atoms with E-state index in [0.717, 1.165) is 13.1 Å². The predicted octanol–water partition coefficient (Wildman–Crippen LogP) is 0.382. The van der Waals surface area contributed by atoms with E-state index in [-0.39, 0.29) is 0 Å². The van der Waals surface area contributed by atoms with E-state index in [1.807, 2.05) is 11.8 Å². The minimum Gasteiger partial charge on any atom is -0.325 e. The van der Waals surface area contributed by atoms with E-state index in [1.165, 1.54) is 18.7 Å². The summed E-state index contributed by atoms with van der Waals surface area (Å²) in [6.07, 6.45) is 3.47. The molecule has 1 rings (SSSR count). The third-order valence-corrected chi connectivity index (χ3v) is 2.51. The van der Waals surface area contributed by atoms with E-state index in [2.05, 4.69) is 11.2 Å². The standard InChI is InChI=1S/C7H16N2S/c1-10-4-2-3-9-5-7(8)6-9/h7H,2-6,8H2,1H3. The summed E-state index contributed by atoms with van der Waals surface area (Å²) in [5.74, 6) is 1.28. The van der Waals surface area contributed by atoms with Crippen molar-refractivity contribution in [3.63, 3.8) is 0 Å². The number of nitrogens with zero attached hydrogens (tertiary/aromatic N) is 1. The highest BCUT2D eigenvalue weighted by Crippen LogP contribution is 2.06. The molecule has 2 nitrogen and oxygen atoms in total. The SMILES string of the molecule is CSCCCN1CC(N)C1. The lowest BCUT2D eigenvalue weighted by Crippen LogP contribution is -2.55. The van der Waals surface area contributed by atoms with Crippen LogP contribution in [-0.2, 0) is 0 Å². The maximum absolute atomic E-state index is 5.63. The Labute approximate surface area is 67.1 Å². The zero-order chi connectivity index (χ0) is 7.40. The van der Waals surface area contributed by atoms with Gasteiger partial charge in [-0.05, 0) is 25.0 Å². The lowest BCUT2D eigenvalue weighted by Gasteiger charge is -2.36. The van der Waals surface area contributed by atoms with E-state index in [1.54, 1.807) is 0 Å². The van der Waals surface area contributed by atoms with Crippen molar-refractivity contribution in [3.05, 3.63) is 0 Å². The Morgan fingerprint density at radius 3 is 2.80 bits per heavy atom. The smallest absolute Gasteiger partial charge is 0.0297 e. The molecule has 0 radical (unpaired) electrons. The largest absolute Gasteiger partial charge is 0.325 e. The number of hydrogen-bond donors (Lipinski definition) is 1.